The molecule has 2 heterocycles. The first-order valence-electron chi connectivity index (χ1n) is 10.6. The predicted octanol–water partition coefficient (Wildman–Crippen LogP) is 5.60. The molecule has 0 spiro atoms. The van der Waals surface area contributed by atoms with Gasteiger partial charge in [-0.25, -0.2) is 0 Å². The first kappa shape index (κ1) is 16.4. The average Bonchev–Trinajstić information content (AvgIpc) is 3.47. The maximum atomic E-state index is 12.3. The van der Waals surface area contributed by atoms with Crippen LogP contribution in [0.15, 0.2) is 28.9 Å². The molecule has 1 saturated heterocycles. The van der Waals surface area contributed by atoms with Gasteiger partial charge in [0.1, 0.15) is 5.76 Å². The van der Waals surface area contributed by atoms with Gasteiger partial charge in [0.25, 0.3) is 0 Å². The molecule has 2 aliphatic carbocycles. The van der Waals surface area contributed by atoms with Crippen LogP contribution in [0.3, 0.4) is 0 Å². The molecule has 0 N–H and O–H groups in total. The Balaban J connectivity index is 1.31. The van der Waals surface area contributed by atoms with Gasteiger partial charge in [0.05, 0.1) is 6.26 Å². The van der Waals surface area contributed by atoms with Crippen LogP contribution < -0.4 is 0 Å². The van der Waals surface area contributed by atoms with Gasteiger partial charge >= 0.3 is 0 Å². The maximum Gasteiger partial charge on any atom is 0.225 e. The molecule has 0 unspecified atom stereocenters. The molecule has 26 heavy (non-hydrogen) atoms. The van der Waals surface area contributed by atoms with Crippen molar-refractivity contribution in [3.05, 3.63) is 35.8 Å². The molecule has 3 aliphatic rings. The molecule has 3 nitrogen and oxygen atoms in total. The lowest BCUT2D eigenvalue weighted by Crippen LogP contribution is -2.38. The molecule has 0 atom stereocenters. The van der Waals surface area contributed by atoms with E-state index in [1.54, 1.807) is 0 Å². The first-order valence-corrected chi connectivity index (χ1v) is 10.6. The highest BCUT2D eigenvalue weighted by Gasteiger charge is 2.35. The summed E-state index contributed by atoms with van der Waals surface area (Å²) in [5.74, 6) is 3.08. The summed E-state index contributed by atoms with van der Waals surface area (Å²) in [5.41, 5.74) is 1.49. The van der Waals surface area contributed by atoms with Gasteiger partial charge in [-0.2, -0.15) is 0 Å². The number of nitrogens with zero attached hydrogens (tertiary/aromatic N) is 1. The van der Waals surface area contributed by atoms with E-state index >= 15 is 0 Å². The fourth-order valence-electron chi connectivity index (χ4n) is 5.05. The molecule has 5 rings (SSSR count). The Kier molecular flexibility index (Phi) is 4.26. The highest BCUT2D eigenvalue weighted by molar-refractivity contribution is 5.85. The number of furan rings is 1. The SMILES string of the molecule is O=C(C1CC1)N1CCC(c2occ3cc(C4CCCCC4)ccc23)CC1. The van der Waals surface area contributed by atoms with Crippen LogP contribution in [-0.2, 0) is 4.79 Å². The third-order valence-corrected chi connectivity index (χ3v) is 6.83. The van der Waals surface area contributed by atoms with Crippen LogP contribution in [0.2, 0.25) is 0 Å². The Labute approximate surface area is 155 Å². The molecule has 3 fully saturated rings. The lowest BCUT2D eigenvalue weighted by molar-refractivity contribution is -0.133. The summed E-state index contributed by atoms with van der Waals surface area (Å²) >= 11 is 0. The Hall–Kier alpha value is -1.77. The molecule has 1 aromatic heterocycles. The zero-order chi connectivity index (χ0) is 17.5. The predicted molar refractivity (Wildman–Crippen MR) is 103 cm³/mol. The molecule has 0 bridgehead atoms. The van der Waals surface area contributed by atoms with Crippen LogP contribution >= 0.6 is 0 Å². The molecular weight excluding hydrogens is 322 g/mol. The van der Waals surface area contributed by atoms with Crippen molar-refractivity contribution in [1.29, 1.82) is 0 Å². The highest BCUT2D eigenvalue weighted by atomic mass is 16.3. The third-order valence-electron chi connectivity index (χ3n) is 6.83. The van der Waals surface area contributed by atoms with E-state index in [2.05, 4.69) is 23.1 Å². The minimum Gasteiger partial charge on any atom is -0.468 e. The smallest absolute Gasteiger partial charge is 0.225 e. The molecule has 2 aromatic rings. The Bertz CT molecular complexity index is 790. The van der Waals surface area contributed by atoms with Gasteiger partial charge < -0.3 is 9.32 Å². The maximum absolute atomic E-state index is 12.3. The lowest BCUT2D eigenvalue weighted by atomic mass is 9.83. The van der Waals surface area contributed by atoms with Gasteiger partial charge in [0.15, 0.2) is 0 Å². The topological polar surface area (TPSA) is 33.5 Å². The number of piperidine rings is 1. The number of amides is 1. The summed E-state index contributed by atoms with van der Waals surface area (Å²) in [6.45, 7) is 1.78. The summed E-state index contributed by atoms with van der Waals surface area (Å²) in [4.78, 5) is 14.3. The van der Waals surface area contributed by atoms with Gasteiger partial charge in [-0.05, 0) is 56.1 Å². The van der Waals surface area contributed by atoms with E-state index in [-0.39, 0.29) is 0 Å². The summed E-state index contributed by atoms with van der Waals surface area (Å²) in [5, 5.41) is 2.55. The average molecular weight is 351 g/mol. The van der Waals surface area contributed by atoms with Crippen LogP contribution in [0.5, 0.6) is 0 Å². The fraction of sp³-hybridized carbons (Fsp3) is 0.609. The minimum absolute atomic E-state index is 0.342. The molecule has 1 amide bonds. The van der Waals surface area contributed by atoms with Gasteiger partial charge in [0, 0.05) is 35.7 Å². The van der Waals surface area contributed by atoms with E-state index in [1.165, 1.54) is 48.4 Å². The number of carbonyl (C=O) groups excluding carboxylic acids is 1. The van der Waals surface area contributed by atoms with Crippen molar-refractivity contribution >= 4 is 16.7 Å². The molecule has 138 valence electrons. The molecule has 2 saturated carbocycles. The zero-order valence-electron chi connectivity index (χ0n) is 15.6. The number of carbonyl (C=O) groups is 1. The highest BCUT2D eigenvalue weighted by Crippen LogP contribution is 2.39. The van der Waals surface area contributed by atoms with Crippen molar-refractivity contribution in [2.45, 2.75) is 69.6 Å². The van der Waals surface area contributed by atoms with Crippen LogP contribution in [-0.4, -0.2) is 23.9 Å². The van der Waals surface area contributed by atoms with E-state index in [0.29, 0.717) is 17.7 Å². The summed E-state index contributed by atoms with van der Waals surface area (Å²) in [7, 11) is 0. The molecule has 1 aromatic carbocycles. The lowest BCUT2D eigenvalue weighted by Gasteiger charge is -2.31. The molecule has 1 aliphatic heterocycles. The monoisotopic (exact) mass is 351 g/mol. The fourth-order valence-corrected chi connectivity index (χ4v) is 5.05. The molecule has 3 heteroatoms. The Morgan fingerprint density at radius 2 is 1.69 bits per heavy atom. The number of benzene rings is 1. The van der Waals surface area contributed by atoms with E-state index in [9.17, 15) is 4.79 Å². The van der Waals surface area contributed by atoms with E-state index in [4.69, 9.17) is 4.42 Å². The summed E-state index contributed by atoms with van der Waals surface area (Å²) in [6, 6.07) is 6.99. The third kappa shape index (κ3) is 3.06. The summed E-state index contributed by atoms with van der Waals surface area (Å²) < 4.78 is 6.05. The second-order valence-electron chi connectivity index (χ2n) is 8.66. The quantitative estimate of drug-likeness (QED) is 0.721. The van der Waals surface area contributed by atoms with E-state index in [1.807, 2.05) is 6.26 Å². The van der Waals surface area contributed by atoms with Gasteiger partial charge in [-0.15, -0.1) is 0 Å². The second-order valence-corrected chi connectivity index (χ2v) is 8.66. The van der Waals surface area contributed by atoms with Crippen LogP contribution in [0, 0.1) is 5.92 Å². The van der Waals surface area contributed by atoms with Crippen molar-refractivity contribution in [3.63, 3.8) is 0 Å². The van der Waals surface area contributed by atoms with Gasteiger partial charge in [-0.3, -0.25) is 4.79 Å². The van der Waals surface area contributed by atoms with Crippen molar-refractivity contribution in [3.8, 4) is 0 Å². The van der Waals surface area contributed by atoms with Crippen molar-refractivity contribution < 1.29 is 9.21 Å². The van der Waals surface area contributed by atoms with Gasteiger partial charge in [-0.1, -0.05) is 31.4 Å². The van der Waals surface area contributed by atoms with E-state index < -0.39 is 0 Å². The van der Waals surface area contributed by atoms with Crippen LogP contribution in [0.1, 0.15) is 80.9 Å². The van der Waals surface area contributed by atoms with Crippen LogP contribution in [0.25, 0.3) is 10.8 Å². The molecule has 0 radical (unpaired) electrons. The van der Waals surface area contributed by atoms with Crippen molar-refractivity contribution in [2.24, 2.45) is 5.92 Å². The standard InChI is InChI=1S/C23H29NO2/c25-23(18-6-7-18)24-12-10-17(11-13-24)22-21-9-8-19(14-20(21)15-26-22)16-4-2-1-3-5-16/h8-9,14-18H,1-7,10-13H2. The first-order chi connectivity index (χ1) is 12.8. The number of hydrogen-bond acceptors (Lipinski definition) is 2. The number of likely N-dealkylation sites (tertiary alicyclic amines) is 1. The second kappa shape index (κ2) is 6.75. The number of rotatable bonds is 3. The minimum atomic E-state index is 0.342. The summed E-state index contributed by atoms with van der Waals surface area (Å²) in [6.07, 6.45) is 13.0. The normalized spacial score (nSPS) is 22.8. The number of fused-ring (bicyclic) bond motifs is 1. The Morgan fingerprint density at radius 3 is 2.42 bits per heavy atom. The molecular formula is C23H29NO2. The van der Waals surface area contributed by atoms with Crippen molar-refractivity contribution in [2.75, 3.05) is 13.1 Å². The van der Waals surface area contributed by atoms with Crippen LogP contribution in [0.4, 0.5) is 0 Å². The Morgan fingerprint density at radius 1 is 0.923 bits per heavy atom. The van der Waals surface area contributed by atoms with Gasteiger partial charge in [0.2, 0.25) is 5.91 Å². The van der Waals surface area contributed by atoms with Crippen molar-refractivity contribution in [1.82, 2.24) is 4.90 Å². The largest absolute Gasteiger partial charge is 0.468 e. The zero-order valence-corrected chi connectivity index (χ0v) is 15.6. The number of hydrogen-bond donors (Lipinski definition) is 0. The van der Waals surface area contributed by atoms with E-state index in [0.717, 1.165) is 50.5 Å².